The lowest BCUT2D eigenvalue weighted by Gasteiger charge is -2.25. The van der Waals surface area contributed by atoms with Crippen LogP contribution in [0.1, 0.15) is 23.6 Å². The summed E-state index contributed by atoms with van der Waals surface area (Å²) in [5, 5.41) is 30.8. The summed E-state index contributed by atoms with van der Waals surface area (Å²) in [4.78, 5) is 36.9. The van der Waals surface area contributed by atoms with Gasteiger partial charge in [0.15, 0.2) is 0 Å². The van der Waals surface area contributed by atoms with Gasteiger partial charge in [-0.1, -0.05) is 30.3 Å². The molecular formula is C20H18N2O6. The largest absolute Gasteiger partial charge is 0.507 e. The zero-order valence-electron chi connectivity index (χ0n) is 14.8. The fourth-order valence-corrected chi connectivity index (χ4v) is 3.23. The van der Waals surface area contributed by atoms with Crippen LogP contribution in [0.4, 0.5) is 5.69 Å². The van der Waals surface area contributed by atoms with Gasteiger partial charge >= 0.3 is 0 Å². The minimum atomic E-state index is -0.896. The molecule has 1 heterocycles. The van der Waals surface area contributed by atoms with Crippen molar-refractivity contribution in [2.24, 2.45) is 0 Å². The van der Waals surface area contributed by atoms with E-state index in [2.05, 4.69) is 0 Å². The van der Waals surface area contributed by atoms with E-state index in [9.17, 15) is 24.8 Å². The van der Waals surface area contributed by atoms with Gasteiger partial charge in [-0.15, -0.1) is 0 Å². The number of carbonyl (C=O) groups excluding carboxylic acids is 2. The fourth-order valence-electron chi connectivity index (χ4n) is 3.23. The number of likely N-dealkylation sites (tertiary alicyclic amines) is 1. The van der Waals surface area contributed by atoms with Gasteiger partial charge in [0.05, 0.1) is 16.5 Å². The average molecular weight is 382 g/mol. The number of aliphatic hydroxyl groups excluding tert-OH is 2. The molecule has 0 saturated carbocycles. The molecule has 1 unspecified atom stereocenters. The minimum absolute atomic E-state index is 0.0806. The van der Waals surface area contributed by atoms with Crippen molar-refractivity contribution < 1.29 is 24.7 Å². The first kappa shape index (κ1) is 19.2. The standard InChI is InChI=1S/C20H18N2O6/c23-12-4-11-21-17(13-7-9-15(10-8-13)22(27)28)16(19(25)20(21)26)18(24)14-5-2-1-3-6-14/h1-3,5-10,17,23-24H,4,11-12H2/b18-16+. The van der Waals surface area contributed by atoms with Crippen LogP contribution in [0.2, 0.25) is 0 Å². The van der Waals surface area contributed by atoms with E-state index >= 15 is 0 Å². The normalized spacial score (nSPS) is 18.5. The molecule has 3 rings (SSSR count). The molecule has 2 aromatic rings. The number of nitro groups is 1. The number of aliphatic hydroxyl groups is 2. The van der Waals surface area contributed by atoms with Gasteiger partial charge in [0.25, 0.3) is 17.4 Å². The van der Waals surface area contributed by atoms with Crippen molar-refractivity contribution in [2.75, 3.05) is 13.2 Å². The van der Waals surface area contributed by atoms with Crippen LogP contribution >= 0.6 is 0 Å². The van der Waals surface area contributed by atoms with Gasteiger partial charge in [-0.05, 0) is 24.1 Å². The van der Waals surface area contributed by atoms with Crippen LogP contribution in [-0.2, 0) is 9.59 Å². The van der Waals surface area contributed by atoms with Crippen LogP contribution in [0, 0.1) is 10.1 Å². The maximum absolute atomic E-state index is 12.7. The van der Waals surface area contributed by atoms with E-state index in [0.29, 0.717) is 11.1 Å². The quantitative estimate of drug-likeness (QED) is 0.260. The molecule has 0 aliphatic carbocycles. The van der Waals surface area contributed by atoms with Gasteiger partial charge < -0.3 is 15.1 Å². The molecule has 2 N–H and O–H groups in total. The Kier molecular flexibility index (Phi) is 5.51. The van der Waals surface area contributed by atoms with E-state index in [-0.39, 0.29) is 36.6 Å². The summed E-state index contributed by atoms with van der Waals surface area (Å²) < 4.78 is 0. The van der Waals surface area contributed by atoms with Crippen molar-refractivity contribution in [1.29, 1.82) is 0 Å². The number of nitro benzene ring substituents is 1. The number of hydrogen-bond donors (Lipinski definition) is 2. The third-order valence-electron chi connectivity index (χ3n) is 4.56. The molecule has 0 aromatic heterocycles. The molecule has 0 radical (unpaired) electrons. The Morgan fingerprint density at radius 1 is 1.07 bits per heavy atom. The topological polar surface area (TPSA) is 121 Å². The maximum Gasteiger partial charge on any atom is 0.295 e. The Morgan fingerprint density at radius 3 is 2.29 bits per heavy atom. The lowest BCUT2D eigenvalue weighted by molar-refractivity contribution is -0.384. The molecule has 28 heavy (non-hydrogen) atoms. The molecule has 1 aliphatic rings. The van der Waals surface area contributed by atoms with Gasteiger partial charge in [-0.3, -0.25) is 19.7 Å². The molecule has 144 valence electrons. The number of amides is 1. The number of benzene rings is 2. The summed E-state index contributed by atoms with van der Waals surface area (Å²) in [6.07, 6.45) is 0.252. The number of rotatable bonds is 6. The van der Waals surface area contributed by atoms with Gasteiger partial charge in [0.2, 0.25) is 0 Å². The predicted octanol–water partition coefficient (Wildman–Crippen LogP) is 2.40. The van der Waals surface area contributed by atoms with Crippen LogP contribution in [-0.4, -0.2) is 44.9 Å². The van der Waals surface area contributed by atoms with Crippen molar-refractivity contribution in [3.05, 3.63) is 81.4 Å². The number of hydrogen-bond acceptors (Lipinski definition) is 6. The average Bonchev–Trinajstić information content (AvgIpc) is 2.97. The van der Waals surface area contributed by atoms with E-state index in [0.717, 1.165) is 0 Å². The predicted molar refractivity (Wildman–Crippen MR) is 100 cm³/mol. The smallest absolute Gasteiger partial charge is 0.295 e. The van der Waals surface area contributed by atoms with E-state index in [1.807, 2.05) is 0 Å². The van der Waals surface area contributed by atoms with Crippen molar-refractivity contribution in [3.63, 3.8) is 0 Å². The molecule has 1 atom stereocenters. The van der Waals surface area contributed by atoms with E-state index < -0.39 is 22.7 Å². The highest BCUT2D eigenvalue weighted by Crippen LogP contribution is 2.39. The summed E-state index contributed by atoms with van der Waals surface area (Å²) in [6, 6.07) is 13.0. The first-order valence-corrected chi connectivity index (χ1v) is 8.64. The SMILES string of the molecule is O=C1C(=O)N(CCCO)C(c2ccc([N+](=O)[O-])cc2)/C1=C(\O)c1ccccc1. The van der Waals surface area contributed by atoms with Crippen LogP contribution in [0.5, 0.6) is 0 Å². The molecule has 1 fully saturated rings. The van der Waals surface area contributed by atoms with Gasteiger partial charge in [-0.25, -0.2) is 0 Å². The molecule has 1 aliphatic heterocycles. The maximum atomic E-state index is 12.7. The Labute approximate surface area is 160 Å². The van der Waals surface area contributed by atoms with Gasteiger partial charge in [-0.2, -0.15) is 0 Å². The summed E-state index contributed by atoms with van der Waals surface area (Å²) in [5.74, 6) is -1.93. The molecule has 1 saturated heterocycles. The first-order chi connectivity index (χ1) is 13.5. The lowest BCUT2D eigenvalue weighted by atomic mass is 9.95. The van der Waals surface area contributed by atoms with Gasteiger partial charge in [0, 0.05) is 30.8 Å². The fraction of sp³-hybridized carbons (Fsp3) is 0.200. The monoisotopic (exact) mass is 382 g/mol. The lowest BCUT2D eigenvalue weighted by Crippen LogP contribution is -2.31. The van der Waals surface area contributed by atoms with Crippen LogP contribution in [0.25, 0.3) is 5.76 Å². The number of carbonyl (C=O) groups is 2. The number of ketones is 1. The molecule has 1 amide bonds. The first-order valence-electron chi connectivity index (χ1n) is 8.64. The molecule has 0 spiro atoms. The highest BCUT2D eigenvalue weighted by atomic mass is 16.6. The molecule has 2 aromatic carbocycles. The van der Waals surface area contributed by atoms with E-state index in [1.165, 1.54) is 29.2 Å². The van der Waals surface area contributed by atoms with Crippen LogP contribution < -0.4 is 0 Å². The Morgan fingerprint density at radius 2 is 1.71 bits per heavy atom. The number of Topliss-reactive ketones (excluding diaryl/α,β-unsaturated/α-hetero) is 1. The number of non-ortho nitro benzene ring substituents is 1. The zero-order valence-corrected chi connectivity index (χ0v) is 14.8. The zero-order chi connectivity index (χ0) is 20.3. The summed E-state index contributed by atoms with van der Waals surface area (Å²) >= 11 is 0. The highest BCUT2D eigenvalue weighted by Gasteiger charge is 2.45. The van der Waals surface area contributed by atoms with E-state index in [1.54, 1.807) is 30.3 Å². The summed E-state index contributed by atoms with van der Waals surface area (Å²) in [7, 11) is 0. The number of nitrogens with zero attached hydrogens (tertiary/aromatic N) is 2. The highest BCUT2D eigenvalue weighted by molar-refractivity contribution is 6.46. The minimum Gasteiger partial charge on any atom is -0.507 e. The summed E-state index contributed by atoms with van der Waals surface area (Å²) in [5.41, 5.74) is 0.636. The Hall–Kier alpha value is -3.52. The second-order valence-electron chi connectivity index (χ2n) is 6.28. The van der Waals surface area contributed by atoms with E-state index in [4.69, 9.17) is 5.11 Å². The van der Waals surface area contributed by atoms with Gasteiger partial charge in [0.1, 0.15) is 5.76 Å². The second-order valence-corrected chi connectivity index (χ2v) is 6.28. The molecule has 8 nitrogen and oxygen atoms in total. The van der Waals surface area contributed by atoms with Crippen LogP contribution in [0.3, 0.4) is 0 Å². The van der Waals surface area contributed by atoms with Crippen molar-refractivity contribution in [2.45, 2.75) is 12.5 Å². The van der Waals surface area contributed by atoms with Crippen molar-refractivity contribution >= 4 is 23.1 Å². The third-order valence-corrected chi connectivity index (χ3v) is 4.56. The molecule has 8 heteroatoms. The second kappa shape index (κ2) is 8.01. The van der Waals surface area contributed by atoms with Crippen molar-refractivity contribution in [3.8, 4) is 0 Å². The third kappa shape index (κ3) is 3.49. The summed E-state index contributed by atoms with van der Waals surface area (Å²) in [6.45, 7) is -0.0665. The van der Waals surface area contributed by atoms with Crippen LogP contribution in [0.15, 0.2) is 60.2 Å². The Balaban J connectivity index is 2.14. The molecule has 0 bridgehead atoms. The Bertz CT molecular complexity index is 937. The molecular weight excluding hydrogens is 364 g/mol. The van der Waals surface area contributed by atoms with Crippen molar-refractivity contribution in [1.82, 2.24) is 4.90 Å².